The number of aromatic amines is 1. The number of methoxy groups -OCH3 is 3. The average Bonchev–Trinajstić information content (AvgIpc) is 3.10. The van der Waals surface area contributed by atoms with Crippen LogP contribution in [0.5, 0.6) is 11.5 Å². The summed E-state index contributed by atoms with van der Waals surface area (Å²) in [5.41, 5.74) is 4.40. The molecule has 0 unspecified atom stereocenters. The zero-order valence-electron chi connectivity index (χ0n) is 15.6. The molecule has 0 saturated heterocycles. The number of quaternary nitrogens is 1. The molecule has 1 aliphatic rings. The van der Waals surface area contributed by atoms with Gasteiger partial charge in [0.15, 0.2) is 23.6 Å². The Morgan fingerprint density at radius 1 is 1.07 bits per heavy atom. The van der Waals surface area contributed by atoms with Gasteiger partial charge in [0.05, 0.1) is 27.0 Å². The van der Waals surface area contributed by atoms with E-state index >= 15 is 0 Å². The maximum atomic E-state index is 12.3. The van der Waals surface area contributed by atoms with Crippen LogP contribution >= 0.6 is 0 Å². The highest BCUT2D eigenvalue weighted by molar-refractivity contribution is 5.86. The molecule has 0 amide bonds. The number of aromatic nitrogens is 1. The number of fused-ring (bicyclic) bond motifs is 3. The van der Waals surface area contributed by atoms with Gasteiger partial charge in [0.1, 0.15) is 0 Å². The minimum atomic E-state index is -0.292. The number of hydrogen-bond donors (Lipinski definition) is 2. The Morgan fingerprint density at radius 3 is 2.59 bits per heavy atom. The van der Waals surface area contributed by atoms with E-state index in [2.05, 4.69) is 22.4 Å². The number of benzene rings is 2. The highest BCUT2D eigenvalue weighted by atomic mass is 16.5. The molecule has 1 aromatic heterocycles. The lowest BCUT2D eigenvalue weighted by Crippen LogP contribution is -2.94. The van der Waals surface area contributed by atoms with Crippen LogP contribution in [0, 0.1) is 0 Å². The average molecular weight is 367 g/mol. The van der Waals surface area contributed by atoms with Crippen molar-refractivity contribution in [1.29, 1.82) is 0 Å². The summed E-state index contributed by atoms with van der Waals surface area (Å²) >= 11 is 0. The molecule has 0 saturated carbocycles. The van der Waals surface area contributed by atoms with Crippen molar-refractivity contribution in [2.75, 3.05) is 21.3 Å². The van der Waals surface area contributed by atoms with E-state index in [0.717, 1.165) is 22.2 Å². The van der Waals surface area contributed by atoms with Crippen molar-refractivity contribution in [3.05, 3.63) is 59.3 Å². The summed E-state index contributed by atoms with van der Waals surface area (Å²) in [7, 11) is 4.68. The summed E-state index contributed by atoms with van der Waals surface area (Å²) < 4.78 is 15.9. The third kappa shape index (κ3) is 2.92. The molecule has 6 heteroatoms. The van der Waals surface area contributed by atoms with E-state index in [4.69, 9.17) is 14.2 Å². The van der Waals surface area contributed by atoms with Gasteiger partial charge in [-0.25, -0.2) is 4.79 Å². The zero-order chi connectivity index (χ0) is 19.0. The van der Waals surface area contributed by atoms with Crippen molar-refractivity contribution in [3.8, 4) is 11.5 Å². The summed E-state index contributed by atoms with van der Waals surface area (Å²) in [4.78, 5) is 15.9. The number of para-hydroxylation sites is 1. The van der Waals surface area contributed by atoms with Gasteiger partial charge in [-0.1, -0.05) is 18.2 Å². The van der Waals surface area contributed by atoms with E-state index in [1.165, 1.54) is 12.7 Å². The Balaban J connectivity index is 1.86. The van der Waals surface area contributed by atoms with E-state index in [9.17, 15) is 4.79 Å². The first-order valence-electron chi connectivity index (χ1n) is 8.90. The van der Waals surface area contributed by atoms with E-state index in [0.29, 0.717) is 17.9 Å². The van der Waals surface area contributed by atoms with Gasteiger partial charge in [-0.2, -0.15) is 0 Å². The first kappa shape index (κ1) is 17.4. The molecule has 0 radical (unpaired) electrons. The summed E-state index contributed by atoms with van der Waals surface area (Å²) in [5, 5.41) is 3.21. The van der Waals surface area contributed by atoms with E-state index in [-0.39, 0.29) is 18.1 Å². The molecule has 6 nitrogen and oxygen atoms in total. The summed E-state index contributed by atoms with van der Waals surface area (Å²) in [6.07, 6.45) is 0.635. The second-order valence-corrected chi connectivity index (χ2v) is 6.68. The third-order valence-electron chi connectivity index (χ3n) is 5.28. The van der Waals surface area contributed by atoms with Crippen molar-refractivity contribution in [2.45, 2.75) is 18.5 Å². The fourth-order valence-electron chi connectivity index (χ4n) is 3.96. The monoisotopic (exact) mass is 367 g/mol. The third-order valence-corrected chi connectivity index (χ3v) is 5.28. The number of esters is 1. The van der Waals surface area contributed by atoms with Gasteiger partial charge < -0.3 is 24.5 Å². The Morgan fingerprint density at radius 2 is 1.85 bits per heavy atom. The van der Waals surface area contributed by atoms with E-state index in [1.807, 2.05) is 30.3 Å². The van der Waals surface area contributed by atoms with Crippen LogP contribution in [0.4, 0.5) is 0 Å². The number of nitrogens with two attached hydrogens (primary N) is 1. The van der Waals surface area contributed by atoms with Gasteiger partial charge in [-0.15, -0.1) is 0 Å². The first-order valence-corrected chi connectivity index (χ1v) is 8.90. The second kappa shape index (κ2) is 6.96. The minimum Gasteiger partial charge on any atom is -0.493 e. The van der Waals surface area contributed by atoms with Crippen LogP contribution in [-0.4, -0.2) is 38.3 Å². The fraction of sp³-hybridized carbons (Fsp3) is 0.286. The standard InChI is InChI=1S/C21H22N2O4/c1-25-17-9-8-12(10-18(17)26-2)19-20-14(11-16(23-19)21(24)27-3)13-6-4-5-7-15(13)22-20/h4-10,16,19,22-23H,11H2,1-3H3/p+1/t16-,19-/m1/s1. The lowest BCUT2D eigenvalue weighted by Gasteiger charge is -2.27. The van der Waals surface area contributed by atoms with Crippen LogP contribution in [0.15, 0.2) is 42.5 Å². The number of carbonyl (C=O) groups is 1. The van der Waals surface area contributed by atoms with Crippen molar-refractivity contribution < 1.29 is 24.3 Å². The van der Waals surface area contributed by atoms with Crippen molar-refractivity contribution in [1.82, 2.24) is 4.98 Å². The number of rotatable bonds is 4. The first-order chi connectivity index (χ1) is 13.2. The molecule has 4 rings (SSSR count). The molecule has 2 heterocycles. The summed E-state index contributed by atoms with van der Waals surface area (Å²) in [6.45, 7) is 0. The maximum Gasteiger partial charge on any atom is 0.364 e. The summed E-state index contributed by atoms with van der Waals surface area (Å²) in [6, 6.07) is 13.7. The predicted octanol–water partition coefficient (Wildman–Crippen LogP) is 1.94. The normalized spacial score (nSPS) is 18.8. The molecule has 0 bridgehead atoms. The SMILES string of the molecule is COC(=O)[C@H]1Cc2c([nH]c3ccccc23)[C@@H](c2ccc(OC)c(OC)c2)[NH2+]1. The van der Waals surface area contributed by atoms with Gasteiger partial charge in [0.25, 0.3) is 0 Å². The smallest absolute Gasteiger partial charge is 0.364 e. The largest absolute Gasteiger partial charge is 0.493 e. The molecule has 0 spiro atoms. The van der Waals surface area contributed by atoms with Crippen LogP contribution in [0.2, 0.25) is 0 Å². The number of H-pyrrole nitrogens is 1. The molecule has 27 heavy (non-hydrogen) atoms. The fourth-order valence-corrected chi connectivity index (χ4v) is 3.96. The Kier molecular flexibility index (Phi) is 4.49. The van der Waals surface area contributed by atoms with Gasteiger partial charge in [0.2, 0.25) is 0 Å². The van der Waals surface area contributed by atoms with Gasteiger partial charge in [0, 0.05) is 22.9 Å². The Hall–Kier alpha value is -2.99. The van der Waals surface area contributed by atoms with Gasteiger partial charge in [-0.05, 0) is 29.8 Å². The highest BCUT2D eigenvalue weighted by Crippen LogP contribution is 2.35. The number of hydrogen-bond acceptors (Lipinski definition) is 4. The highest BCUT2D eigenvalue weighted by Gasteiger charge is 2.38. The van der Waals surface area contributed by atoms with E-state index < -0.39 is 0 Å². The van der Waals surface area contributed by atoms with Crippen LogP contribution in [-0.2, 0) is 16.0 Å². The number of carbonyl (C=O) groups excluding carboxylic acids is 1. The van der Waals surface area contributed by atoms with Crippen LogP contribution < -0.4 is 14.8 Å². The Labute approximate surface area is 157 Å². The van der Waals surface area contributed by atoms with Gasteiger partial charge in [-0.3, -0.25) is 0 Å². The molecular weight excluding hydrogens is 344 g/mol. The molecular formula is C21H23N2O4+. The molecule has 0 fully saturated rings. The molecule has 2 aromatic carbocycles. The predicted molar refractivity (Wildman–Crippen MR) is 101 cm³/mol. The quantitative estimate of drug-likeness (QED) is 0.691. The Bertz CT molecular complexity index is 995. The topological polar surface area (TPSA) is 77.2 Å². The van der Waals surface area contributed by atoms with Crippen LogP contribution in [0.3, 0.4) is 0 Å². The molecule has 2 atom stereocenters. The van der Waals surface area contributed by atoms with E-state index in [1.54, 1.807) is 14.2 Å². The molecule has 3 N–H and O–H groups in total. The lowest BCUT2D eigenvalue weighted by atomic mass is 9.90. The number of nitrogens with one attached hydrogen (secondary N) is 1. The molecule has 3 aromatic rings. The lowest BCUT2D eigenvalue weighted by molar-refractivity contribution is -0.712. The summed E-state index contributed by atoms with van der Waals surface area (Å²) in [5.74, 6) is 1.14. The zero-order valence-corrected chi connectivity index (χ0v) is 15.6. The van der Waals surface area contributed by atoms with Crippen molar-refractivity contribution in [2.24, 2.45) is 0 Å². The van der Waals surface area contributed by atoms with Crippen molar-refractivity contribution in [3.63, 3.8) is 0 Å². The van der Waals surface area contributed by atoms with Crippen LogP contribution in [0.25, 0.3) is 10.9 Å². The molecule has 1 aliphatic heterocycles. The minimum absolute atomic E-state index is 0.0648. The van der Waals surface area contributed by atoms with Crippen LogP contribution in [0.1, 0.15) is 22.9 Å². The van der Waals surface area contributed by atoms with Gasteiger partial charge >= 0.3 is 5.97 Å². The number of ether oxygens (including phenoxy) is 3. The second-order valence-electron chi connectivity index (χ2n) is 6.68. The van der Waals surface area contributed by atoms with Crippen molar-refractivity contribution >= 4 is 16.9 Å². The maximum absolute atomic E-state index is 12.3. The molecule has 140 valence electrons. The molecule has 0 aliphatic carbocycles.